The van der Waals surface area contributed by atoms with Crippen LogP contribution in [0.15, 0.2) is 72.8 Å². The number of phenolic OH excluding ortho intramolecular Hbond substituents is 2. The molecule has 3 rings (SSSR count). The van der Waals surface area contributed by atoms with E-state index in [-0.39, 0.29) is 17.5 Å². The van der Waals surface area contributed by atoms with Crippen LogP contribution in [-0.4, -0.2) is 10.2 Å². The molecule has 3 nitrogen and oxygen atoms in total. The molecule has 6 heteroatoms. The van der Waals surface area contributed by atoms with Crippen molar-refractivity contribution in [3.8, 4) is 11.5 Å². The number of nitrogens with zero attached hydrogens (tertiary/aromatic N) is 1. The van der Waals surface area contributed by atoms with Gasteiger partial charge in [0, 0.05) is 11.4 Å². The van der Waals surface area contributed by atoms with Crippen LogP contribution in [0.4, 0.5) is 11.4 Å². The van der Waals surface area contributed by atoms with Crippen molar-refractivity contribution >= 4 is 48.6 Å². The van der Waals surface area contributed by atoms with Crippen LogP contribution in [0, 0.1) is 6.92 Å². The molecule has 3 aromatic carbocycles. The van der Waals surface area contributed by atoms with Gasteiger partial charge in [0.25, 0.3) is 0 Å². The summed E-state index contributed by atoms with van der Waals surface area (Å²) in [7, 11) is 0. The second-order valence-electron chi connectivity index (χ2n) is 6.05. The van der Waals surface area contributed by atoms with Gasteiger partial charge in [-0.05, 0) is 67.9 Å². The number of benzene rings is 3. The van der Waals surface area contributed by atoms with Crippen molar-refractivity contribution in [2.75, 3.05) is 4.90 Å². The Morgan fingerprint density at radius 1 is 0.815 bits per heavy atom. The van der Waals surface area contributed by atoms with E-state index in [0.29, 0.717) is 13.3 Å². The first-order valence-electron chi connectivity index (χ1n) is 8.27. The number of rotatable bonds is 4. The molecule has 0 saturated heterocycles. The van der Waals surface area contributed by atoms with Crippen LogP contribution in [0.5, 0.6) is 11.5 Å². The molecule has 0 bridgehead atoms. The van der Waals surface area contributed by atoms with Crippen LogP contribution < -0.4 is 18.2 Å². The maximum absolute atomic E-state index is 9.59. The van der Waals surface area contributed by atoms with E-state index in [1.165, 1.54) is 11.1 Å². The van der Waals surface area contributed by atoms with Crippen molar-refractivity contribution in [3.63, 3.8) is 0 Å². The van der Waals surface area contributed by atoms with E-state index in [1.54, 1.807) is 24.3 Å². The van der Waals surface area contributed by atoms with E-state index in [9.17, 15) is 10.2 Å². The van der Waals surface area contributed by atoms with E-state index < -0.39 is 0 Å². The van der Waals surface area contributed by atoms with Gasteiger partial charge in [0.05, 0.1) is 6.04 Å². The zero-order valence-corrected chi connectivity index (χ0v) is 21.5. The van der Waals surface area contributed by atoms with E-state index in [2.05, 4.69) is 80.2 Å². The second-order valence-corrected chi connectivity index (χ2v) is 22.3. The third-order valence-electron chi connectivity index (χ3n) is 4.17. The van der Waals surface area contributed by atoms with Crippen LogP contribution in [0.1, 0.15) is 24.1 Å². The first-order chi connectivity index (χ1) is 13.0. The van der Waals surface area contributed by atoms with Gasteiger partial charge in [-0.1, -0.05) is 29.8 Å². The number of aryl methyl sites for hydroxylation is 1. The van der Waals surface area contributed by atoms with Crippen LogP contribution in [0.3, 0.4) is 0 Å². The summed E-state index contributed by atoms with van der Waals surface area (Å²) in [6.45, 7) is 4.23. The number of halogens is 3. The van der Waals surface area contributed by atoms with E-state index in [0.717, 1.165) is 11.4 Å². The van der Waals surface area contributed by atoms with Crippen molar-refractivity contribution < 1.29 is 23.5 Å². The third-order valence-corrected chi connectivity index (χ3v) is 4.17. The molecule has 0 aliphatic heterocycles. The Bertz CT molecular complexity index is 793. The maximum atomic E-state index is 9.59. The standard InChI is InChI=1S/C21H21NO2.I3/c1-15-4-3-5-17(14-15)16(2)22(18-6-10-20(23)11-7-18)19-8-12-21(24)13-9-19;1-3-2/h3-14,16,23-24H,1-2H3;/q;-1. The summed E-state index contributed by atoms with van der Waals surface area (Å²) in [5.74, 6) is 0.486. The number of aromatic hydroxyl groups is 2. The van der Waals surface area contributed by atoms with E-state index in [1.807, 2.05) is 24.3 Å². The number of hydrogen-bond acceptors (Lipinski definition) is 3. The molecule has 0 fully saturated rings. The van der Waals surface area contributed by atoms with Crippen LogP contribution in [0.25, 0.3) is 0 Å². The van der Waals surface area contributed by atoms with Crippen LogP contribution >= 0.6 is 37.2 Å². The van der Waals surface area contributed by atoms with Gasteiger partial charge in [0.2, 0.25) is 0 Å². The van der Waals surface area contributed by atoms with Crippen molar-refractivity contribution in [1.29, 1.82) is 0 Å². The molecule has 27 heavy (non-hydrogen) atoms. The van der Waals surface area contributed by atoms with Gasteiger partial charge in [-0.15, -0.1) is 0 Å². The fourth-order valence-corrected chi connectivity index (χ4v) is 2.90. The summed E-state index contributed by atoms with van der Waals surface area (Å²) in [5.41, 5.74) is 4.38. The molecule has 0 aliphatic carbocycles. The summed E-state index contributed by atoms with van der Waals surface area (Å²) >= 11 is 5.30. The van der Waals surface area contributed by atoms with Crippen molar-refractivity contribution in [1.82, 2.24) is 0 Å². The van der Waals surface area contributed by atoms with E-state index >= 15 is 0 Å². The molecule has 1 unspecified atom stereocenters. The first-order valence-corrected chi connectivity index (χ1v) is 20.8. The fraction of sp³-hybridized carbons (Fsp3) is 0.143. The van der Waals surface area contributed by atoms with Crippen LogP contribution in [0.2, 0.25) is 0 Å². The molecule has 0 amide bonds. The van der Waals surface area contributed by atoms with Crippen molar-refractivity contribution in [2.24, 2.45) is 0 Å². The predicted octanol–water partition coefficient (Wildman–Crippen LogP) is 4.08. The fourth-order valence-electron chi connectivity index (χ4n) is 2.90. The molecule has 3 aromatic rings. The van der Waals surface area contributed by atoms with E-state index in [4.69, 9.17) is 0 Å². The topological polar surface area (TPSA) is 43.7 Å². The van der Waals surface area contributed by atoms with Gasteiger partial charge in [-0.2, -0.15) is 0 Å². The predicted molar refractivity (Wildman–Crippen MR) is 126 cm³/mol. The van der Waals surface area contributed by atoms with Crippen molar-refractivity contribution in [2.45, 2.75) is 19.9 Å². The molecule has 0 aromatic heterocycles. The number of phenols is 2. The van der Waals surface area contributed by atoms with Gasteiger partial charge in [0.1, 0.15) is 11.5 Å². The normalized spacial score (nSPS) is 11.4. The Morgan fingerprint density at radius 2 is 1.26 bits per heavy atom. The first kappa shape index (κ1) is 22.5. The summed E-state index contributed by atoms with van der Waals surface area (Å²) in [6.07, 6.45) is 0. The summed E-state index contributed by atoms with van der Waals surface area (Å²) < 4.78 is 0. The summed E-state index contributed by atoms with van der Waals surface area (Å²) in [6, 6.07) is 22.9. The summed E-state index contributed by atoms with van der Waals surface area (Å²) in [5, 5.41) is 19.2. The molecule has 0 heterocycles. The zero-order valence-electron chi connectivity index (χ0n) is 15.0. The third kappa shape index (κ3) is 6.67. The average molecular weight is 700 g/mol. The molecule has 144 valence electrons. The molecule has 0 spiro atoms. The molecule has 0 saturated carbocycles. The number of hydrogen-bond donors (Lipinski definition) is 2. The second kappa shape index (κ2) is 11.3. The Labute approximate surface area is 190 Å². The monoisotopic (exact) mass is 700 g/mol. The molecular weight excluding hydrogens is 679 g/mol. The van der Waals surface area contributed by atoms with Gasteiger partial charge < -0.3 is 15.1 Å². The Balaban J connectivity index is 0.000000817. The minimum absolute atomic E-state index is 0.0963. The Morgan fingerprint density at radius 3 is 1.67 bits per heavy atom. The molecule has 1 atom stereocenters. The molecule has 0 aliphatic rings. The van der Waals surface area contributed by atoms with Crippen molar-refractivity contribution in [3.05, 3.63) is 83.9 Å². The molecule has 0 radical (unpaired) electrons. The van der Waals surface area contributed by atoms with Gasteiger partial charge in [-0.25, -0.2) is 0 Å². The quantitative estimate of drug-likeness (QED) is 0.404. The summed E-state index contributed by atoms with van der Waals surface area (Å²) in [4.78, 5) is 2.19. The Kier molecular flexibility index (Phi) is 9.43. The minimum atomic E-state index is 0.0963. The Hall–Kier alpha value is -0.750. The van der Waals surface area contributed by atoms with Gasteiger partial charge in [-0.3, -0.25) is 0 Å². The number of anilines is 2. The average Bonchev–Trinajstić information content (AvgIpc) is 2.65. The zero-order chi connectivity index (χ0) is 19.8. The molecule has 2 N–H and O–H groups in total. The SMILES string of the molecule is Cc1cccc(C(C)N(c2ccc(O)cc2)c2ccc(O)cc2)c1.I[I-]I. The van der Waals surface area contributed by atoms with Gasteiger partial charge >= 0.3 is 50.5 Å². The molecular formula is C21H21I3NO2-. The van der Waals surface area contributed by atoms with Crippen LogP contribution in [-0.2, 0) is 0 Å². The van der Waals surface area contributed by atoms with Gasteiger partial charge in [0.15, 0.2) is 0 Å².